The van der Waals surface area contributed by atoms with Crippen LogP contribution in [0.15, 0.2) is 36.5 Å². The lowest BCUT2D eigenvalue weighted by molar-refractivity contribution is 0.324. The van der Waals surface area contributed by atoms with Gasteiger partial charge in [0.05, 0.1) is 28.4 Å². The van der Waals surface area contributed by atoms with E-state index in [2.05, 4.69) is 20.3 Å². The van der Waals surface area contributed by atoms with Gasteiger partial charge in [0.15, 0.2) is 17.3 Å². The van der Waals surface area contributed by atoms with E-state index in [9.17, 15) is 0 Å². The minimum Gasteiger partial charge on any atom is -0.493 e. The van der Waals surface area contributed by atoms with Crippen molar-refractivity contribution in [1.82, 2.24) is 15.0 Å². The number of nitrogens with zero attached hydrogens (tertiary/aromatic N) is 3. The molecule has 1 N–H and O–H groups in total. The van der Waals surface area contributed by atoms with Crippen molar-refractivity contribution in [3.05, 3.63) is 42.2 Å². The average Bonchev–Trinajstić information content (AvgIpc) is 2.72. The highest BCUT2D eigenvalue weighted by Gasteiger charge is 2.14. The maximum Gasteiger partial charge on any atom is 0.212 e. The van der Waals surface area contributed by atoms with Gasteiger partial charge < -0.3 is 24.3 Å². The lowest BCUT2D eigenvalue weighted by Gasteiger charge is -2.15. The fraction of sp³-hybridized carbons (Fsp3) is 0.250. The molecule has 0 bridgehead atoms. The summed E-state index contributed by atoms with van der Waals surface area (Å²) in [6, 6.07) is 9.11. The first-order chi connectivity index (χ1) is 13.6. The molecular formula is C20H22N4O4. The number of pyridine rings is 1. The Labute approximate surface area is 163 Å². The fourth-order valence-corrected chi connectivity index (χ4v) is 2.70. The summed E-state index contributed by atoms with van der Waals surface area (Å²) in [5.41, 5.74) is 2.35. The molecule has 3 aromatic rings. The number of ether oxygens (including phenoxy) is 4. The molecular weight excluding hydrogens is 360 g/mol. The lowest BCUT2D eigenvalue weighted by atomic mass is 10.2. The molecule has 146 valence electrons. The number of hydrogen-bond acceptors (Lipinski definition) is 8. The van der Waals surface area contributed by atoms with Gasteiger partial charge in [-0.25, -0.2) is 15.0 Å². The number of methoxy groups -OCH3 is 4. The molecule has 0 aliphatic carbocycles. The molecule has 2 heterocycles. The Balaban J connectivity index is 1.95. The summed E-state index contributed by atoms with van der Waals surface area (Å²) in [4.78, 5) is 13.3. The van der Waals surface area contributed by atoms with E-state index >= 15 is 0 Å². The number of benzene rings is 1. The zero-order valence-corrected chi connectivity index (χ0v) is 16.4. The van der Waals surface area contributed by atoms with Crippen LogP contribution in [0, 0.1) is 6.92 Å². The second kappa shape index (κ2) is 8.43. The van der Waals surface area contributed by atoms with Gasteiger partial charge in [-0.1, -0.05) is 0 Å². The number of anilines is 2. The summed E-state index contributed by atoms with van der Waals surface area (Å²) < 4.78 is 21.2. The van der Waals surface area contributed by atoms with Crippen LogP contribution in [0.1, 0.15) is 5.69 Å². The Kier molecular flexibility index (Phi) is 5.78. The third-order valence-corrected chi connectivity index (χ3v) is 4.00. The van der Waals surface area contributed by atoms with E-state index in [-0.39, 0.29) is 0 Å². The van der Waals surface area contributed by atoms with E-state index in [0.717, 1.165) is 16.9 Å². The van der Waals surface area contributed by atoms with Gasteiger partial charge in [-0.05, 0) is 13.0 Å². The van der Waals surface area contributed by atoms with E-state index in [4.69, 9.17) is 18.9 Å². The summed E-state index contributed by atoms with van der Waals surface area (Å²) in [7, 11) is 6.29. The van der Waals surface area contributed by atoms with Gasteiger partial charge in [0.2, 0.25) is 11.6 Å². The lowest BCUT2D eigenvalue weighted by Crippen LogP contribution is -2.01. The molecule has 8 heteroatoms. The predicted molar refractivity (Wildman–Crippen MR) is 106 cm³/mol. The number of hydrogen-bond donors (Lipinski definition) is 1. The molecule has 0 radical (unpaired) electrons. The first-order valence-electron chi connectivity index (χ1n) is 8.51. The van der Waals surface area contributed by atoms with Crippen molar-refractivity contribution in [2.45, 2.75) is 6.92 Å². The van der Waals surface area contributed by atoms with Crippen LogP contribution in [0.25, 0.3) is 11.4 Å². The Morgan fingerprint density at radius 1 is 0.821 bits per heavy atom. The van der Waals surface area contributed by atoms with E-state index in [1.165, 1.54) is 0 Å². The Morgan fingerprint density at radius 2 is 1.54 bits per heavy atom. The first kappa shape index (κ1) is 19.2. The van der Waals surface area contributed by atoms with Crippen LogP contribution >= 0.6 is 0 Å². The number of rotatable bonds is 7. The van der Waals surface area contributed by atoms with Crippen LogP contribution in [0.4, 0.5) is 11.5 Å². The zero-order chi connectivity index (χ0) is 20.1. The largest absolute Gasteiger partial charge is 0.493 e. The number of aromatic nitrogens is 3. The second-order valence-electron chi connectivity index (χ2n) is 5.85. The van der Waals surface area contributed by atoms with Gasteiger partial charge in [-0.3, -0.25) is 0 Å². The van der Waals surface area contributed by atoms with Crippen LogP contribution in [0.3, 0.4) is 0 Å². The van der Waals surface area contributed by atoms with Crippen molar-refractivity contribution < 1.29 is 18.9 Å². The molecule has 0 atom stereocenters. The summed E-state index contributed by atoms with van der Waals surface area (Å²) in [5, 5.41) is 3.27. The molecule has 1 aromatic carbocycles. The van der Waals surface area contributed by atoms with Crippen molar-refractivity contribution in [1.29, 1.82) is 0 Å². The quantitative estimate of drug-likeness (QED) is 0.663. The molecule has 0 aliphatic heterocycles. The molecule has 3 rings (SSSR count). The summed E-state index contributed by atoms with van der Waals surface area (Å²) in [6.07, 6.45) is 1.68. The van der Waals surface area contributed by atoms with Crippen LogP contribution in [0.5, 0.6) is 23.1 Å². The monoisotopic (exact) mass is 382 g/mol. The highest BCUT2D eigenvalue weighted by molar-refractivity contribution is 5.68. The maximum atomic E-state index is 5.40. The van der Waals surface area contributed by atoms with Gasteiger partial charge in [0, 0.05) is 47.4 Å². The fourth-order valence-electron chi connectivity index (χ4n) is 2.70. The highest BCUT2D eigenvalue weighted by Crippen LogP contribution is 2.40. The van der Waals surface area contributed by atoms with Crippen molar-refractivity contribution in [2.24, 2.45) is 0 Å². The van der Waals surface area contributed by atoms with Gasteiger partial charge in [-0.2, -0.15) is 0 Å². The predicted octanol–water partition coefficient (Wildman–Crippen LogP) is 3.63. The minimum absolute atomic E-state index is 0.527. The maximum absolute atomic E-state index is 5.40. The van der Waals surface area contributed by atoms with Crippen LogP contribution in [-0.2, 0) is 0 Å². The molecule has 0 saturated carbocycles. The standard InChI is InChI=1S/C20H22N4O4/c1-12-8-17(24-20(22-12)13-6-7-18(27-4)21-11-13)23-14-9-15(25-2)19(28-5)16(10-14)26-3/h6-11H,1-5H3,(H,22,23,24). The zero-order valence-electron chi connectivity index (χ0n) is 16.4. The molecule has 0 saturated heterocycles. The van der Waals surface area contributed by atoms with Crippen molar-refractivity contribution in [2.75, 3.05) is 33.8 Å². The van der Waals surface area contributed by atoms with Gasteiger partial charge in [0.1, 0.15) is 5.82 Å². The van der Waals surface area contributed by atoms with Crippen LogP contribution in [-0.4, -0.2) is 43.4 Å². The smallest absolute Gasteiger partial charge is 0.212 e. The Hall–Kier alpha value is -3.55. The Morgan fingerprint density at radius 3 is 2.07 bits per heavy atom. The first-order valence-corrected chi connectivity index (χ1v) is 8.51. The molecule has 2 aromatic heterocycles. The van der Waals surface area contributed by atoms with Crippen LogP contribution in [0.2, 0.25) is 0 Å². The SMILES string of the molecule is COc1ccc(-c2nc(C)cc(Nc3cc(OC)c(OC)c(OC)c3)n2)cn1. The average molecular weight is 382 g/mol. The van der Waals surface area contributed by atoms with Crippen molar-refractivity contribution in [3.63, 3.8) is 0 Å². The number of aryl methyl sites for hydroxylation is 1. The normalized spacial score (nSPS) is 10.3. The number of nitrogens with one attached hydrogen (secondary N) is 1. The summed E-state index contributed by atoms with van der Waals surface area (Å²) in [5.74, 6) is 3.36. The summed E-state index contributed by atoms with van der Waals surface area (Å²) >= 11 is 0. The van der Waals surface area contributed by atoms with Crippen molar-refractivity contribution >= 4 is 11.5 Å². The van der Waals surface area contributed by atoms with E-state index in [1.807, 2.05) is 31.2 Å². The van der Waals surface area contributed by atoms with E-state index < -0.39 is 0 Å². The second-order valence-corrected chi connectivity index (χ2v) is 5.85. The van der Waals surface area contributed by atoms with Gasteiger partial charge >= 0.3 is 0 Å². The minimum atomic E-state index is 0.527. The van der Waals surface area contributed by atoms with Crippen molar-refractivity contribution in [3.8, 4) is 34.5 Å². The van der Waals surface area contributed by atoms with Crippen LogP contribution < -0.4 is 24.3 Å². The molecule has 0 spiro atoms. The van der Waals surface area contributed by atoms with Gasteiger partial charge in [-0.15, -0.1) is 0 Å². The molecule has 0 amide bonds. The topological polar surface area (TPSA) is 87.6 Å². The third-order valence-electron chi connectivity index (χ3n) is 4.00. The van der Waals surface area contributed by atoms with E-state index in [0.29, 0.717) is 34.8 Å². The Bertz CT molecular complexity index is 936. The third kappa shape index (κ3) is 4.06. The van der Waals surface area contributed by atoms with Gasteiger partial charge in [0.25, 0.3) is 0 Å². The summed E-state index contributed by atoms with van der Waals surface area (Å²) in [6.45, 7) is 1.91. The van der Waals surface area contributed by atoms with E-state index in [1.54, 1.807) is 40.7 Å². The molecule has 8 nitrogen and oxygen atoms in total. The molecule has 0 fully saturated rings. The molecule has 0 unspecified atom stereocenters. The highest BCUT2D eigenvalue weighted by atomic mass is 16.5. The molecule has 0 aliphatic rings. The molecule has 28 heavy (non-hydrogen) atoms.